The van der Waals surface area contributed by atoms with Gasteiger partial charge in [0.2, 0.25) is 70.9 Å². The summed E-state index contributed by atoms with van der Waals surface area (Å²) in [4.78, 5) is 181. The van der Waals surface area contributed by atoms with Crippen molar-refractivity contribution in [2.45, 2.75) is 228 Å². The molecule has 0 radical (unpaired) electrons. The Morgan fingerprint density at radius 1 is 0.560 bits per heavy atom. The lowest BCUT2D eigenvalue weighted by molar-refractivity contribution is -0.157. The van der Waals surface area contributed by atoms with Gasteiger partial charge in [-0.1, -0.05) is 95.2 Å². The summed E-state index contributed by atoms with van der Waals surface area (Å²) in [7, 11) is 9.58. The van der Waals surface area contributed by atoms with E-state index in [9.17, 15) is 53.1 Å². The van der Waals surface area contributed by atoms with E-state index in [1.54, 1.807) is 60.6 Å². The first-order chi connectivity index (χ1) is 42.2. The monoisotopic (exact) mass is 1290 g/mol. The zero-order valence-electron chi connectivity index (χ0n) is 58.7. The Labute approximate surface area is 541 Å². The molecule has 12 amide bonds. The summed E-state index contributed by atoms with van der Waals surface area (Å²) in [5.41, 5.74) is 1.54. The number of likely N-dealkylation sites (N-methyl/N-ethyl adjacent to an activating group) is 7. The maximum Gasteiger partial charge on any atom is 0.246 e. The van der Waals surface area contributed by atoms with E-state index in [0.29, 0.717) is 0 Å². The van der Waals surface area contributed by atoms with Gasteiger partial charge in [0.1, 0.15) is 60.4 Å². The maximum atomic E-state index is 15.2. The molecule has 0 aromatic carbocycles. The van der Waals surface area contributed by atoms with E-state index in [-0.39, 0.29) is 69.3 Å². The Morgan fingerprint density at radius 2 is 1.03 bits per heavy atom. The molecule has 0 aliphatic carbocycles. The van der Waals surface area contributed by atoms with Gasteiger partial charge in [-0.2, -0.15) is 0 Å². The number of hydrogen-bond acceptors (Lipinski definition) is 15. The summed E-state index contributed by atoms with van der Waals surface area (Å²) in [5.74, 6) is -11.4. The fraction of sp³-hybridized carbons (Fsp3) is 0.781. The second-order valence-corrected chi connectivity index (χ2v) is 26.6. The summed E-state index contributed by atoms with van der Waals surface area (Å²) in [6.45, 7) is 26.4. The lowest BCUT2D eigenvalue weighted by Gasteiger charge is -2.41. The number of nitrogens with one attached hydrogen (secondary N) is 5. The van der Waals surface area contributed by atoms with E-state index in [0.717, 1.165) is 14.7 Å². The van der Waals surface area contributed by atoms with Crippen LogP contribution in [0.4, 0.5) is 0 Å². The Kier molecular flexibility index (Phi) is 34.6. The maximum absolute atomic E-state index is 15.2. The van der Waals surface area contributed by atoms with Crippen LogP contribution in [-0.4, -0.2) is 251 Å². The van der Waals surface area contributed by atoms with Crippen LogP contribution in [0.15, 0.2) is 12.2 Å². The molecule has 0 aromatic heterocycles. The third-order valence-electron chi connectivity index (χ3n) is 16.8. The average molecular weight is 1290 g/mol. The van der Waals surface area contributed by atoms with Crippen molar-refractivity contribution in [3.05, 3.63) is 12.2 Å². The molecule has 1 heterocycles. The van der Waals surface area contributed by atoms with Crippen molar-refractivity contribution in [1.29, 1.82) is 0 Å². The van der Waals surface area contributed by atoms with Crippen LogP contribution in [0.3, 0.4) is 0 Å². The van der Waals surface area contributed by atoms with Crippen molar-refractivity contribution >= 4 is 70.9 Å². The van der Waals surface area contributed by atoms with Crippen LogP contribution in [0.1, 0.15) is 156 Å². The molecule has 1 aliphatic heterocycles. The zero-order valence-corrected chi connectivity index (χ0v) is 58.7. The number of carbonyl (C=O) groups excluding carboxylic acids is 12. The zero-order chi connectivity index (χ0) is 70.4. The molecule has 0 bridgehead atoms. The Balaban J connectivity index is 4.39. The third kappa shape index (κ3) is 23.7. The molecule has 91 heavy (non-hydrogen) atoms. The highest BCUT2D eigenvalue weighted by atomic mass is 16.5. The van der Waals surface area contributed by atoms with Gasteiger partial charge in [0.15, 0.2) is 0 Å². The van der Waals surface area contributed by atoms with Crippen molar-refractivity contribution in [2.24, 2.45) is 35.5 Å². The molecule has 0 aromatic rings. The van der Waals surface area contributed by atoms with E-state index in [4.69, 9.17) is 9.94 Å². The van der Waals surface area contributed by atoms with Crippen LogP contribution in [0.5, 0.6) is 0 Å². The fourth-order valence-electron chi connectivity index (χ4n) is 11.1. The van der Waals surface area contributed by atoms with Gasteiger partial charge in [-0.15, -0.1) is 0 Å². The normalized spacial score (nSPS) is 26.1. The molecular formula is C64H114N12O15. The molecule has 1 aliphatic rings. The second kappa shape index (κ2) is 38.3. The SMILES string of the molecule is C/C=C/C[C@@H](C)[C@@H](O)[C@H]1C(=O)N[C@@H](CC)C(=O)N(C)CC(=O)N(C)[C@@H]([C@@H](C)OCCCC(=O)NO)C(=O)N[C@@H](C(C)C)C(=O)N(C)[C@@H](CC(C)C)C(=O)N[C@@H](C)C(=O)N[C@H](C)C(=O)N(C)[C@@H](CC(C)C)C(=O)N(C)[C@@H](CC(C)C)C(=O)N(C)[C@H](C(C)C)C(=O)N1C. The molecule has 13 atom stereocenters. The number of carbonyl (C=O) groups is 12. The van der Waals surface area contributed by atoms with Crippen molar-refractivity contribution in [3.63, 3.8) is 0 Å². The van der Waals surface area contributed by atoms with E-state index < -0.39 is 168 Å². The smallest absolute Gasteiger partial charge is 0.246 e. The van der Waals surface area contributed by atoms with Crippen LogP contribution in [0.2, 0.25) is 0 Å². The first-order valence-corrected chi connectivity index (χ1v) is 32.1. The second-order valence-electron chi connectivity index (χ2n) is 26.6. The van der Waals surface area contributed by atoms with Crippen molar-refractivity contribution in [2.75, 3.05) is 62.5 Å². The minimum absolute atomic E-state index is 0.0408. The van der Waals surface area contributed by atoms with Crippen molar-refractivity contribution in [3.8, 4) is 0 Å². The molecule has 1 rings (SSSR count). The minimum Gasteiger partial charge on any atom is -0.390 e. The summed E-state index contributed by atoms with van der Waals surface area (Å²) >= 11 is 0. The lowest BCUT2D eigenvalue weighted by atomic mass is 9.91. The predicted octanol–water partition coefficient (Wildman–Crippen LogP) is 1.91. The molecule has 27 nitrogen and oxygen atoms in total. The van der Waals surface area contributed by atoms with E-state index >= 15 is 9.59 Å². The number of aliphatic hydroxyl groups excluding tert-OH is 1. The first-order valence-electron chi connectivity index (χ1n) is 32.1. The molecule has 520 valence electrons. The number of amides is 12. The molecule has 27 heteroatoms. The van der Waals surface area contributed by atoms with E-state index in [1.807, 2.05) is 41.5 Å². The van der Waals surface area contributed by atoms with Gasteiger partial charge in [-0.3, -0.25) is 62.7 Å². The number of allylic oxidation sites excluding steroid dienone is 2. The standard InChI is InChI=1S/C64H114N12O15/c1-24-26-28-40(13)54(79)53-58(83)67-44(25-2)60(85)70(17)34-49(78)74(21)52(43(16)91-30-27-29-48(77)69-90)57(82)68-50(38(9)10)63(88)71(18)45(31-35(3)4)56(81)65-41(14)55(80)66-42(15)59(84)72(19)46(32-36(5)6)61(86)73(20)47(33-37(7)8)62(87)75(22)51(39(11)12)64(89)76(53)23/h24,26,35-47,50-54,79,90H,25,27-34H2,1-23H3,(H,65,81)(H,66,80)(H,67,83)(H,68,82)(H,69,77)/b26-24+/t40-,41+,42-,43-,44+,45+,46+,47+,50+,51-,52+,53+,54-/m1/s1. The largest absolute Gasteiger partial charge is 0.390 e. The van der Waals surface area contributed by atoms with Crippen molar-refractivity contribution < 1.29 is 72.6 Å². The Hall–Kier alpha value is -6.74. The number of hydroxylamine groups is 1. The minimum atomic E-state index is -1.66. The molecule has 1 fully saturated rings. The number of ether oxygens (including phenoxy) is 1. The van der Waals surface area contributed by atoms with Gasteiger partial charge >= 0.3 is 0 Å². The quantitative estimate of drug-likeness (QED) is 0.0421. The molecule has 0 unspecified atom stereocenters. The first kappa shape index (κ1) is 82.3. The molecule has 0 saturated carbocycles. The van der Waals surface area contributed by atoms with Gasteiger partial charge < -0.3 is 65.4 Å². The van der Waals surface area contributed by atoms with Crippen LogP contribution in [0.25, 0.3) is 0 Å². The summed E-state index contributed by atoms with van der Waals surface area (Å²) < 4.78 is 6.01. The van der Waals surface area contributed by atoms with Gasteiger partial charge in [-0.05, 0) is 102 Å². The average Bonchev–Trinajstić information content (AvgIpc) is 0.923. The predicted molar refractivity (Wildman–Crippen MR) is 344 cm³/mol. The number of hydrogen-bond donors (Lipinski definition) is 7. The number of rotatable bonds is 19. The van der Waals surface area contributed by atoms with E-state index in [1.165, 1.54) is 95.2 Å². The molecule has 0 spiro atoms. The van der Waals surface area contributed by atoms with Gasteiger partial charge in [-0.25, -0.2) is 5.48 Å². The summed E-state index contributed by atoms with van der Waals surface area (Å²) in [5, 5.41) is 32.0. The topological polar surface area (TPSA) is 337 Å². The highest BCUT2D eigenvalue weighted by molar-refractivity contribution is 5.99. The highest BCUT2D eigenvalue weighted by Gasteiger charge is 2.46. The Morgan fingerprint density at radius 3 is 1.52 bits per heavy atom. The van der Waals surface area contributed by atoms with E-state index in [2.05, 4.69) is 21.3 Å². The molecule has 1 saturated heterocycles. The van der Waals surface area contributed by atoms with Crippen molar-refractivity contribution in [1.82, 2.24) is 61.0 Å². The fourth-order valence-corrected chi connectivity index (χ4v) is 11.1. The third-order valence-corrected chi connectivity index (χ3v) is 16.8. The van der Waals surface area contributed by atoms with Crippen LogP contribution < -0.4 is 26.7 Å². The lowest BCUT2D eigenvalue weighted by Crippen LogP contribution is -2.63. The molecule has 7 N–H and O–H groups in total. The Bertz CT molecular complexity index is 2510. The number of aliphatic hydroxyl groups is 1. The van der Waals surface area contributed by atoms with Crippen LogP contribution in [-0.2, 0) is 62.3 Å². The summed E-state index contributed by atoms with van der Waals surface area (Å²) in [6.07, 6.45) is 1.37. The van der Waals surface area contributed by atoms with Gasteiger partial charge in [0.25, 0.3) is 0 Å². The summed E-state index contributed by atoms with van der Waals surface area (Å²) in [6, 6.07) is -13.2. The van der Waals surface area contributed by atoms with Crippen LogP contribution in [0, 0.1) is 35.5 Å². The highest BCUT2D eigenvalue weighted by Crippen LogP contribution is 2.26. The van der Waals surface area contributed by atoms with Crippen LogP contribution >= 0.6 is 0 Å². The van der Waals surface area contributed by atoms with Gasteiger partial charge in [0.05, 0.1) is 18.8 Å². The van der Waals surface area contributed by atoms with Gasteiger partial charge in [0, 0.05) is 62.4 Å². The molecular weight excluding hydrogens is 1180 g/mol. The number of nitrogens with zero attached hydrogens (tertiary/aromatic N) is 7.